The van der Waals surface area contributed by atoms with E-state index < -0.39 is 11.9 Å². The van der Waals surface area contributed by atoms with Crippen molar-refractivity contribution in [1.29, 1.82) is 0 Å². The van der Waals surface area contributed by atoms with Crippen molar-refractivity contribution in [3.05, 3.63) is 102 Å². The molecule has 0 aromatic heterocycles. The average molecular weight is 508 g/mol. The van der Waals surface area contributed by atoms with Gasteiger partial charge < -0.3 is 25.5 Å². The van der Waals surface area contributed by atoms with E-state index in [1.807, 2.05) is 42.5 Å². The number of fused-ring (bicyclic) bond motifs is 2. The van der Waals surface area contributed by atoms with E-state index in [2.05, 4.69) is 36.0 Å². The topological polar surface area (TPSA) is 125 Å². The zero-order valence-corrected chi connectivity index (χ0v) is 20.6. The third-order valence-electron chi connectivity index (χ3n) is 5.34. The molecule has 0 atom stereocenters. The molecule has 0 unspecified atom stereocenters. The molecule has 0 amide bonds. The van der Waals surface area contributed by atoms with Gasteiger partial charge in [0.15, 0.2) is 0 Å². The highest BCUT2D eigenvalue weighted by Crippen LogP contribution is 2.40. The predicted molar refractivity (Wildman–Crippen MR) is 143 cm³/mol. The minimum absolute atomic E-state index is 0. The van der Waals surface area contributed by atoms with Gasteiger partial charge in [0.25, 0.3) is 0 Å². The summed E-state index contributed by atoms with van der Waals surface area (Å²) >= 11 is 0. The molecule has 1 aliphatic heterocycles. The number of carboxylic acid groups (broad SMARTS) is 2. The number of halogens is 1. The Bertz CT molecular complexity index is 1270. The number of carbonyl (C=O) groups is 2. The van der Waals surface area contributed by atoms with Gasteiger partial charge in [-0.3, -0.25) is 0 Å². The fourth-order valence-corrected chi connectivity index (χ4v) is 3.79. The van der Waals surface area contributed by atoms with Crippen molar-refractivity contribution in [3.8, 4) is 0 Å². The SMILES string of the molecule is CN(C)CCCN1c2ccccc2N=C(c2ccccc2F)c2ccccc21.O.O=C(O)/C=C/C(=O)O. The highest BCUT2D eigenvalue weighted by atomic mass is 19.1. The highest BCUT2D eigenvalue weighted by Gasteiger charge is 2.24. The molecular weight excluding hydrogens is 477 g/mol. The van der Waals surface area contributed by atoms with E-state index in [1.54, 1.807) is 12.1 Å². The largest absolute Gasteiger partial charge is 0.478 e. The summed E-state index contributed by atoms with van der Waals surface area (Å²) in [6.45, 7) is 1.87. The van der Waals surface area contributed by atoms with Crippen LogP contribution in [0.1, 0.15) is 17.5 Å². The van der Waals surface area contributed by atoms with Crippen LogP contribution in [0.3, 0.4) is 0 Å². The molecule has 0 aliphatic carbocycles. The Morgan fingerprint density at radius 3 is 2.00 bits per heavy atom. The van der Waals surface area contributed by atoms with Gasteiger partial charge in [-0.25, -0.2) is 19.0 Å². The van der Waals surface area contributed by atoms with E-state index >= 15 is 0 Å². The van der Waals surface area contributed by atoms with Gasteiger partial charge >= 0.3 is 11.9 Å². The zero-order chi connectivity index (χ0) is 26.1. The normalized spacial score (nSPS) is 11.9. The van der Waals surface area contributed by atoms with E-state index in [4.69, 9.17) is 15.2 Å². The molecule has 4 N–H and O–H groups in total. The lowest BCUT2D eigenvalue weighted by Gasteiger charge is -2.27. The van der Waals surface area contributed by atoms with E-state index in [0.29, 0.717) is 23.4 Å². The van der Waals surface area contributed by atoms with E-state index in [9.17, 15) is 14.0 Å². The molecule has 0 radical (unpaired) electrons. The fraction of sp³-hybridized carbons (Fsp3) is 0.179. The van der Waals surface area contributed by atoms with Crippen molar-refractivity contribution in [2.24, 2.45) is 4.99 Å². The molecule has 1 aliphatic rings. The summed E-state index contributed by atoms with van der Waals surface area (Å²) in [6.07, 6.45) is 2.13. The number of carboxylic acids is 2. The van der Waals surface area contributed by atoms with Crippen LogP contribution in [0, 0.1) is 5.82 Å². The van der Waals surface area contributed by atoms with Crippen LogP contribution in [0.2, 0.25) is 0 Å². The zero-order valence-electron chi connectivity index (χ0n) is 20.6. The standard InChI is InChI=1S/C24H24FN3.C4H4O4.H2O/c1-27(2)16-9-17-28-22-14-7-4-11-19(22)24(18-10-3-5-12-20(18)25)26-21-13-6-8-15-23(21)28;5-3(6)1-2-4(7)8;/h3-8,10-15H,9,16-17H2,1-2H3;1-2H,(H,5,6)(H,7,8);1H2/b;2-1+;. The molecule has 3 aromatic carbocycles. The number of anilines is 2. The molecule has 0 bridgehead atoms. The fourth-order valence-electron chi connectivity index (χ4n) is 3.79. The van der Waals surface area contributed by atoms with Gasteiger partial charge in [-0.1, -0.05) is 42.5 Å². The summed E-state index contributed by atoms with van der Waals surface area (Å²) in [4.78, 5) is 28.5. The summed E-state index contributed by atoms with van der Waals surface area (Å²) in [6, 6.07) is 23.1. The van der Waals surface area contributed by atoms with Gasteiger partial charge in [0.05, 0.1) is 22.8 Å². The number of benzene rings is 3. The van der Waals surface area contributed by atoms with Crippen LogP contribution in [0.15, 0.2) is 89.9 Å². The maximum Gasteiger partial charge on any atom is 0.328 e. The van der Waals surface area contributed by atoms with Crippen molar-refractivity contribution in [3.63, 3.8) is 0 Å². The van der Waals surface area contributed by atoms with Crippen LogP contribution in [-0.2, 0) is 9.59 Å². The van der Waals surface area contributed by atoms with Gasteiger partial charge in [-0.2, -0.15) is 0 Å². The van der Waals surface area contributed by atoms with E-state index in [0.717, 1.165) is 42.1 Å². The van der Waals surface area contributed by atoms with Gasteiger partial charge in [-0.15, -0.1) is 0 Å². The molecule has 9 heteroatoms. The third kappa shape index (κ3) is 7.83. The highest BCUT2D eigenvalue weighted by molar-refractivity contribution is 6.18. The second kappa shape index (κ2) is 13.7. The molecule has 4 rings (SSSR count). The Morgan fingerprint density at radius 1 is 0.865 bits per heavy atom. The third-order valence-corrected chi connectivity index (χ3v) is 5.34. The molecule has 3 aromatic rings. The first kappa shape index (κ1) is 28.9. The maximum absolute atomic E-state index is 14.7. The van der Waals surface area contributed by atoms with Crippen LogP contribution in [-0.4, -0.2) is 65.4 Å². The van der Waals surface area contributed by atoms with Gasteiger partial charge in [0.2, 0.25) is 0 Å². The first-order valence-corrected chi connectivity index (χ1v) is 11.4. The monoisotopic (exact) mass is 507 g/mol. The van der Waals surface area contributed by atoms with Crippen molar-refractivity contribution >= 4 is 34.7 Å². The predicted octanol–water partition coefficient (Wildman–Crippen LogP) is 4.29. The number of para-hydroxylation sites is 3. The lowest BCUT2D eigenvalue weighted by atomic mass is 9.99. The van der Waals surface area contributed by atoms with Gasteiger partial charge in [0.1, 0.15) is 5.82 Å². The number of hydrogen-bond acceptors (Lipinski definition) is 5. The summed E-state index contributed by atoms with van der Waals surface area (Å²) in [7, 11) is 4.17. The Morgan fingerprint density at radius 2 is 1.41 bits per heavy atom. The molecule has 1 heterocycles. The summed E-state index contributed by atoms with van der Waals surface area (Å²) < 4.78 is 14.7. The average Bonchev–Trinajstić information content (AvgIpc) is 2.98. The molecular formula is C28H30FN3O5. The first-order valence-electron chi connectivity index (χ1n) is 11.4. The lowest BCUT2D eigenvalue weighted by Crippen LogP contribution is -2.24. The van der Waals surface area contributed by atoms with E-state index in [1.165, 1.54) is 6.07 Å². The van der Waals surface area contributed by atoms with Crippen molar-refractivity contribution in [2.75, 3.05) is 32.1 Å². The molecule has 37 heavy (non-hydrogen) atoms. The van der Waals surface area contributed by atoms with Crippen molar-refractivity contribution in [2.45, 2.75) is 6.42 Å². The van der Waals surface area contributed by atoms with Crippen molar-refractivity contribution in [1.82, 2.24) is 4.90 Å². The van der Waals surface area contributed by atoms with Crippen LogP contribution in [0.25, 0.3) is 0 Å². The van der Waals surface area contributed by atoms with Crippen LogP contribution >= 0.6 is 0 Å². The maximum atomic E-state index is 14.7. The summed E-state index contributed by atoms with van der Waals surface area (Å²) in [5.74, 6) is -2.77. The molecule has 8 nitrogen and oxygen atoms in total. The van der Waals surface area contributed by atoms with E-state index in [-0.39, 0.29) is 11.3 Å². The number of nitrogens with zero attached hydrogens (tertiary/aromatic N) is 3. The first-order chi connectivity index (χ1) is 17.3. The Balaban J connectivity index is 0.000000467. The van der Waals surface area contributed by atoms with Gasteiger partial charge in [0, 0.05) is 29.8 Å². The second-order valence-corrected chi connectivity index (χ2v) is 8.26. The Hall–Kier alpha value is -4.34. The minimum Gasteiger partial charge on any atom is -0.478 e. The van der Waals surface area contributed by atoms with Crippen LogP contribution in [0.4, 0.5) is 21.5 Å². The molecule has 0 saturated heterocycles. The molecule has 0 saturated carbocycles. The number of aliphatic carboxylic acids is 2. The Labute approximate surface area is 214 Å². The second-order valence-electron chi connectivity index (χ2n) is 8.26. The van der Waals surface area contributed by atoms with Crippen molar-refractivity contribution < 1.29 is 29.7 Å². The number of hydrogen-bond donors (Lipinski definition) is 2. The summed E-state index contributed by atoms with van der Waals surface area (Å²) in [5.41, 5.74) is 5.14. The number of rotatable bonds is 7. The molecule has 0 fully saturated rings. The van der Waals surface area contributed by atoms with Gasteiger partial charge in [-0.05, 0) is 57.4 Å². The Kier molecular flexibility index (Phi) is 10.7. The molecule has 0 spiro atoms. The smallest absolute Gasteiger partial charge is 0.328 e. The summed E-state index contributed by atoms with van der Waals surface area (Å²) in [5, 5.41) is 15.6. The van der Waals surface area contributed by atoms with Crippen LogP contribution < -0.4 is 4.90 Å². The quantitative estimate of drug-likeness (QED) is 0.460. The lowest BCUT2D eigenvalue weighted by molar-refractivity contribution is -0.134. The van der Waals surface area contributed by atoms with Crippen LogP contribution in [0.5, 0.6) is 0 Å². The minimum atomic E-state index is -1.26. The molecule has 194 valence electrons. The number of aliphatic imine (C=N–C) groups is 1.